The summed E-state index contributed by atoms with van der Waals surface area (Å²) in [6, 6.07) is 6.36. The summed E-state index contributed by atoms with van der Waals surface area (Å²) < 4.78 is 6.26. The molecule has 3 heteroatoms. The average Bonchev–Trinajstić information content (AvgIpc) is 2.47. The number of benzene rings is 1. The lowest BCUT2D eigenvalue weighted by atomic mass is 9.81. The van der Waals surface area contributed by atoms with Crippen LogP contribution in [0.3, 0.4) is 0 Å². The lowest BCUT2D eigenvalue weighted by molar-refractivity contribution is 0.0740. The van der Waals surface area contributed by atoms with E-state index in [0.29, 0.717) is 12.1 Å². The topological polar surface area (TPSA) is 21.3 Å². The van der Waals surface area contributed by atoms with E-state index in [0.717, 1.165) is 23.1 Å². The third-order valence-electron chi connectivity index (χ3n) is 4.62. The minimum Gasteiger partial charge on any atom is -0.490 e. The Morgan fingerprint density at radius 2 is 2.00 bits per heavy atom. The Bertz CT molecular complexity index is 442. The molecule has 1 N–H and O–H groups in total. The first kappa shape index (κ1) is 13.3. The van der Waals surface area contributed by atoms with Crippen molar-refractivity contribution >= 4 is 11.6 Å². The van der Waals surface area contributed by atoms with Crippen LogP contribution < -0.4 is 10.1 Å². The first-order valence-corrected chi connectivity index (χ1v) is 7.79. The average molecular weight is 280 g/mol. The molecule has 0 saturated heterocycles. The van der Waals surface area contributed by atoms with E-state index in [1.165, 1.54) is 37.7 Å². The van der Waals surface area contributed by atoms with E-state index in [1.807, 2.05) is 25.2 Å². The highest BCUT2D eigenvalue weighted by Gasteiger charge is 2.33. The van der Waals surface area contributed by atoms with Crippen LogP contribution in [0.4, 0.5) is 0 Å². The van der Waals surface area contributed by atoms with Crippen molar-refractivity contribution in [2.24, 2.45) is 5.92 Å². The van der Waals surface area contributed by atoms with Gasteiger partial charge in [-0.3, -0.25) is 0 Å². The molecule has 3 rings (SSSR count). The lowest BCUT2D eigenvalue weighted by Crippen LogP contribution is -2.37. The molecular formula is C16H22ClNO. The number of hydrogen-bond acceptors (Lipinski definition) is 2. The van der Waals surface area contributed by atoms with Crippen LogP contribution >= 0.6 is 11.6 Å². The third-order valence-corrected chi connectivity index (χ3v) is 4.85. The van der Waals surface area contributed by atoms with Crippen LogP contribution in [-0.2, 0) is 0 Å². The molecular weight excluding hydrogens is 258 g/mol. The summed E-state index contributed by atoms with van der Waals surface area (Å²) in [7, 11) is 2.03. The van der Waals surface area contributed by atoms with Crippen molar-refractivity contribution in [1.29, 1.82) is 0 Å². The van der Waals surface area contributed by atoms with E-state index in [1.54, 1.807) is 0 Å². The molecule has 104 valence electrons. The van der Waals surface area contributed by atoms with Crippen LogP contribution in [0.1, 0.15) is 50.1 Å². The van der Waals surface area contributed by atoms with E-state index >= 15 is 0 Å². The van der Waals surface area contributed by atoms with Gasteiger partial charge in [-0.15, -0.1) is 0 Å². The molecule has 1 heterocycles. The van der Waals surface area contributed by atoms with Crippen molar-refractivity contribution < 1.29 is 4.74 Å². The molecule has 2 nitrogen and oxygen atoms in total. The Balaban J connectivity index is 1.83. The van der Waals surface area contributed by atoms with Gasteiger partial charge in [-0.1, -0.05) is 30.9 Å². The van der Waals surface area contributed by atoms with Gasteiger partial charge >= 0.3 is 0 Å². The lowest BCUT2D eigenvalue weighted by Gasteiger charge is -2.38. The van der Waals surface area contributed by atoms with Gasteiger partial charge in [-0.05, 0) is 44.0 Å². The molecule has 2 atom stereocenters. The Morgan fingerprint density at radius 3 is 2.74 bits per heavy atom. The van der Waals surface area contributed by atoms with Crippen LogP contribution in [0.15, 0.2) is 18.2 Å². The second-order valence-electron chi connectivity index (χ2n) is 5.81. The molecule has 1 aliphatic carbocycles. The van der Waals surface area contributed by atoms with Gasteiger partial charge in [0.05, 0.1) is 0 Å². The Kier molecular flexibility index (Phi) is 3.99. The van der Waals surface area contributed by atoms with Gasteiger partial charge < -0.3 is 10.1 Å². The fraction of sp³-hybridized carbons (Fsp3) is 0.625. The van der Waals surface area contributed by atoms with Gasteiger partial charge in [0, 0.05) is 23.0 Å². The Morgan fingerprint density at radius 1 is 1.21 bits per heavy atom. The molecule has 0 bridgehead atoms. The van der Waals surface area contributed by atoms with Gasteiger partial charge in [-0.2, -0.15) is 0 Å². The Labute approximate surface area is 120 Å². The van der Waals surface area contributed by atoms with Gasteiger partial charge in [0.15, 0.2) is 0 Å². The summed E-state index contributed by atoms with van der Waals surface area (Å²) in [5.41, 5.74) is 1.21. The fourth-order valence-electron chi connectivity index (χ4n) is 3.54. The van der Waals surface area contributed by atoms with Gasteiger partial charge in [0.25, 0.3) is 0 Å². The van der Waals surface area contributed by atoms with E-state index in [2.05, 4.69) is 5.32 Å². The quantitative estimate of drug-likeness (QED) is 0.870. The number of halogens is 1. The molecule has 1 aromatic carbocycles. The van der Waals surface area contributed by atoms with Crippen molar-refractivity contribution in [3.05, 3.63) is 28.8 Å². The molecule has 0 aromatic heterocycles. The van der Waals surface area contributed by atoms with Gasteiger partial charge in [-0.25, -0.2) is 0 Å². The molecule has 1 saturated carbocycles. The summed E-state index contributed by atoms with van der Waals surface area (Å²) >= 11 is 6.10. The van der Waals surface area contributed by atoms with Crippen molar-refractivity contribution in [2.45, 2.75) is 50.7 Å². The van der Waals surface area contributed by atoms with Gasteiger partial charge in [0.1, 0.15) is 11.9 Å². The minimum absolute atomic E-state index is 0.367. The number of nitrogens with one attached hydrogen (secondary N) is 1. The smallest absolute Gasteiger partial charge is 0.124 e. The zero-order valence-corrected chi connectivity index (χ0v) is 12.2. The number of rotatable bonds is 2. The molecule has 1 aromatic rings. The Hall–Kier alpha value is -0.730. The van der Waals surface area contributed by atoms with Crippen molar-refractivity contribution in [3.63, 3.8) is 0 Å². The van der Waals surface area contributed by atoms with E-state index in [-0.39, 0.29) is 0 Å². The molecule has 0 radical (unpaired) electrons. The van der Waals surface area contributed by atoms with E-state index in [9.17, 15) is 0 Å². The maximum Gasteiger partial charge on any atom is 0.124 e. The number of hydrogen-bond donors (Lipinski definition) is 1. The predicted octanol–water partition coefficient (Wildman–Crippen LogP) is 4.33. The summed E-state index contributed by atoms with van der Waals surface area (Å²) in [5.74, 6) is 1.75. The summed E-state index contributed by atoms with van der Waals surface area (Å²) in [6.45, 7) is 0. The highest BCUT2D eigenvalue weighted by atomic mass is 35.5. The summed E-state index contributed by atoms with van der Waals surface area (Å²) in [4.78, 5) is 0. The second-order valence-corrected chi connectivity index (χ2v) is 6.25. The molecule has 19 heavy (non-hydrogen) atoms. The van der Waals surface area contributed by atoms with E-state index in [4.69, 9.17) is 16.3 Å². The van der Waals surface area contributed by atoms with Crippen LogP contribution in [0.5, 0.6) is 5.75 Å². The molecule has 2 aliphatic rings. The third kappa shape index (κ3) is 2.75. The zero-order valence-electron chi connectivity index (χ0n) is 11.5. The van der Waals surface area contributed by atoms with Crippen molar-refractivity contribution in [3.8, 4) is 5.75 Å². The van der Waals surface area contributed by atoms with Gasteiger partial charge in [0.2, 0.25) is 0 Å². The molecule has 2 unspecified atom stereocenters. The van der Waals surface area contributed by atoms with Crippen LogP contribution in [-0.4, -0.2) is 13.2 Å². The highest BCUT2D eigenvalue weighted by molar-refractivity contribution is 6.30. The summed E-state index contributed by atoms with van der Waals surface area (Å²) in [6.07, 6.45) is 8.20. The largest absolute Gasteiger partial charge is 0.490 e. The SMILES string of the molecule is CNC1CC(C2CCCCC2)Oc2ccc(Cl)cc21. The first-order chi connectivity index (χ1) is 9.28. The molecule has 1 fully saturated rings. The van der Waals surface area contributed by atoms with Crippen LogP contribution in [0, 0.1) is 5.92 Å². The molecule has 0 amide bonds. The number of fused-ring (bicyclic) bond motifs is 1. The first-order valence-electron chi connectivity index (χ1n) is 7.41. The van der Waals surface area contributed by atoms with Crippen LogP contribution in [0.2, 0.25) is 5.02 Å². The normalized spacial score (nSPS) is 27.7. The molecule has 0 spiro atoms. The predicted molar refractivity (Wildman–Crippen MR) is 78.9 cm³/mol. The van der Waals surface area contributed by atoms with Crippen molar-refractivity contribution in [1.82, 2.24) is 5.32 Å². The standard InChI is InChI=1S/C16H22ClNO/c1-18-14-10-16(11-5-3-2-4-6-11)19-15-8-7-12(17)9-13(14)15/h7-9,11,14,16,18H,2-6,10H2,1H3. The van der Waals surface area contributed by atoms with Crippen LogP contribution in [0.25, 0.3) is 0 Å². The van der Waals surface area contributed by atoms with Crippen molar-refractivity contribution in [2.75, 3.05) is 7.05 Å². The second kappa shape index (κ2) is 5.72. The maximum atomic E-state index is 6.26. The van der Waals surface area contributed by atoms with E-state index < -0.39 is 0 Å². The maximum absolute atomic E-state index is 6.26. The fourth-order valence-corrected chi connectivity index (χ4v) is 3.72. The molecule has 1 aliphatic heterocycles. The monoisotopic (exact) mass is 279 g/mol. The minimum atomic E-state index is 0.367. The zero-order chi connectivity index (χ0) is 13.2. The number of ether oxygens (including phenoxy) is 1. The highest BCUT2D eigenvalue weighted by Crippen LogP contribution is 2.41. The summed E-state index contributed by atoms with van der Waals surface area (Å²) in [5, 5.41) is 4.21.